The van der Waals surface area contributed by atoms with Gasteiger partial charge in [-0.25, -0.2) is 4.79 Å². The molecule has 144 valence electrons. The fraction of sp³-hybridized carbons (Fsp3) is 0.500. The molecule has 0 radical (unpaired) electrons. The van der Waals surface area contributed by atoms with Crippen LogP contribution in [0.25, 0.3) is 0 Å². The number of nitrogens with one attached hydrogen (secondary N) is 2. The molecule has 3 heterocycles. The zero-order valence-electron chi connectivity index (χ0n) is 15.5. The molecule has 1 saturated heterocycles. The minimum atomic E-state index is -0.448. The standard InChI is InChI=1S/C20H25N3O4/c1-2-9-26-14-7-5-13(6-8-14)18-17-16(21-20(25)22-18)12-23(19(17)24)11-15-4-3-10-27-15/h5-8,15,18H,2-4,9-12H2,1H3,(H2,21,22,25)/t15-,18-/m1/s1. The lowest BCUT2D eigenvalue weighted by molar-refractivity contribution is -0.127. The molecule has 0 saturated carbocycles. The number of urea groups is 1. The first kappa shape index (κ1) is 17.9. The Kier molecular flexibility index (Phi) is 5.03. The van der Waals surface area contributed by atoms with Crippen molar-refractivity contribution in [2.45, 2.75) is 38.3 Å². The number of ether oxygens (including phenoxy) is 2. The van der Waals surface area contributed by atoms with E-state index in [1.54, 1.807) is 4.90 Å². The van der Waals surface area contributed by atoms with Gasteiger partial charge in [0.2, 0.25) is 0 Å². The summed E-state index contributed by atoms with van der Waals surface area (Å²) >= 11 is 0. The summed E-state index contributed by atoms with van der Waals surface area (Å²) in [4.78, 5) is 26.9. The van der Waals surface area contributed by atoms with Gasteiger partial charge in [0.25, 0.3) is 5.91 Å². The van der Waals surface area contributed by atoms with E-state index in [0.717, 1.165) is 37.2 Å². The Morgan fingerprint density at radius 3 is 2.78 bits per heavy atom. The van der Waals surface area contributed by atoms with Gasteiger partial charge in [0.05, 0.1) is 36.6 Å². The molecule has 1 fully saturated rings. The highest BCUT2D eigenvalue weighted by Gasteiger charge is 2.41. The molecule has 7 heteroatoms. The molecular formula is C20H25N3O4. The second-order valence-electron chi connectivity index (χ2n) is 7.16. The molecule has 27 heavy (non-hydrogen) atoms. The Morgan fingerprint density at radius 2 is 2.07 bits per heavy atom. The number of carbonyl (C=O) groups excluding carboxylic acids is 2. The number of amides is 3. The third kappa shape index (κ3) is 3.64. The van der Waals surface area contributed by atoms with E-state index in [4.69, 9.17) is 9.47 Å². The van der Waals surface area contributed by atoms with Crippen LogP contribution >= 0.6 is 0 Å². The summed E-state index contributed by atoms with van der Waals surface area (Å²) in [5.41, 5.74) is 2.18. The number of rotatable bonds is 6. The molecule has 0 spiro atoms. The lowest BCUT2D eigenvalue weighted by Gasteiger charge is -2.25. The number of benzene rings is 1. The van der Waals surface area contributed by atoms with E-state index in [0.29, 0.717) is 31.0 Å². The van der Waals surface area contributed by atoms with Crippen LogP contribution in [-0.2, 0) is 9.53 Å². The molecule has 0 bridgehead atoms. The van der Waals surface area contributed by atoms with Crippen molar-refractivity contribution in [1.82, 2.24) is 15.5 Å². The van der Waals surface area contributed by atoms with Gasteiger partial charge in [-0.1, -0.05) is 19.1 Å². The maximum absolute atomic E-state index is 13.0. The Bertz CT molecular complexity index is 753. The van der Waals surface area contributed by atoms with Gasteiger partial charge >= 0.3 is 6.03 Å². The smallest absolute Gasteiger partial charge is 0.319 e. The number of hydrogen-bond acceptors (Lipinski definition) is 4. The van der Waals surface area contributed by atoms with Gasteiger partial charge < -0.3 is 25.0 Å². The number of nitrogens with zero attached hydrogens (tertiary/aromatic N) is 1. The predicted molar refractivity (Wildman–Crippen MR) is 99.2 cm³/mol. The van der Waals surface area contributed by atoms with Crippen LogP contribution in [0.15, 0.2) is 35.5 Å². The Morgan fingerprint density at radius 1 is 1.26 bits per heavy atom. The minimum Gasteiger partial charge on any atom is -0.494 e. The molecule has 7 nitrogen and oxygen atoms in total. The number of hydrogen-bond donors (Lipinski definition) is 2. The third-order valence-corrected chi connectivity index (χ3v) is 5.15. The molecule has 0 aromatic heterocycles. The maximum Gasteiger partial charge on any atom is 0.319 e. The third-order valence-electron chi connectivity index (χ3n) is 5.15. The van der Waals surface area contributed by atoms with Crippen LogP contribution in [0.5, 0.6) is 5.75 Å². The molecule has 2 N–H and O–H groups in total. The molecule has 1 aromatic rings. The lowest BCUT2D eigenvalue weighted by atomic mass is 9.96. The van der Waals surface area contributed by atoms with Crippen molar-refractivity contribution in [3.63, 3.8) is 0 Å². The van der Waals surface area contributed by atoms with Crippen molar-refractivity contribution < 1.29 is 19.1 Å². The Balaban J connectivity index is 1.53. The molecule has 2 atom stereocenters. The Hall–Kier alpha value is -2.54. The Labute approximate surface area is 158 Å². The van der Waals surface area contributed by atoms with Crippen LogP contribution in [0.1, 0.15) is 37.8 Å². The van der Waals surface area contributed by atoms with Crippen molar-refractivity contribution >= 4 is 11.9 Å². The monoisotopic (exact) mass is 371 g/mol. The number of carbonyl (C=O) groups is 2. The summed E-state index contributed by atoms with van der Waals surface area (Å²) in [6.07, 6.45) is 3.04. The molecule has 4 rings (SSSR count). The summed E-state index contributed by atoms with van der Waals surface area (Å²) in [5.74, 6) is 0.747. The van der Waals surface area contributed by atoms with Gasteiger partial charge in [0, 0.05) is 13.2 Å². The molecule has 0 unspecified atom stereocenters. The van der Waals surface area contributed by atoms with E-state index in [1.807, 2.05) is 24.3 Å². The van der Waals surface area contributed by atoms with E-state index < -0.39 is 6.04 Å². The topological polar surface area (TPSA) is 79.9 Å². The summed E-state index contributed by atoms with van der Waals surface area (Å²) in [6.45, 7) is 4.47. The lowest BCUT2D eigenvalue weighted by Crippen LogP contribution is -2.44. The van der Waals surface area contributed by atoms with Crippen molar-refractivity contribution in [2.75, 3.05) is 26.3 Å². The highest BCUT2D eigenvalue weighted by Crippen LogP contribution is 2.33. The summed E-state index contributed by atoms with van der Waals surface area (Å²) in [6, 6.07) is 6.84. The van der Waals surface area contributed by atoms with Crippen LogP contribution in [-0.4, -0.2) is 49.2 Å². The van der Waals surface area contributed by atoms with E-state index in [1.165, 1.54) is 0 Å². The van der Waals surface area contributed by atoms with Gasteiger partial charge in [-0.15, -0.1) is 0 Å². The van der Waals surface area contributed by atoms with E-state index in [9.17, 15) is 9.59 Å². The van der Waals surface area contributed by atoms with Gasteiger partial charge in [-0.3, -0.25) is 4.79 Å². The van der Waals surface area contributed by atoms with Crippen molar-refractivity contribution in [3.8, 4) is 5.75 Å². The first-order valence-electron chi connectivity index (χ1n) is 9.60. The average Bonchev–Trinajstić information content (AvgIpc) is 3.28. The highest BCUT2D eigenvalue weighted by molar-refractivity contribution is 6.01. The maximum atomic E-state index is 13.0. The molecule has 0 aliphatic carbocycles. The second kappa shape index (κ2) is 7.60. The van der Waals surface area contributed by atoms with Crippen LogP contribution in [0.2, 0.25) is 0 Å². The molecule has 3 aliphatic rings. The SMILES string of the molecule is CCCOc1ccc([C@H]2NC(=O)NC3=C2C(=O)N(C[C@H]2CCCO2)C3)cc1. The minimum absolute atomic E-state index is 0.0377. The van der Waals surface area contributed by atoms with Crippen molar-refractivity contribution in [3.05, 3.63) is 41.1 Å². The van der Waals surface area contributed by atoms with Gasteiger partial charge in [-0.05, 0) is 37.0 Å². The first-order chi connectivity index (χ1) is 13.2. The molecule has 1 aromatic carbocycles. The quantitative estimate of drug-likeness (QED) is 0.803. The summed E-state index contributed by atoms with van der Waals surface area (Å²) in [5, 5.41) is 5.69. The zero-order valence-corrected chi connectivity index (χ0v) is 15.5. The molecular weight excluding hydrogens is 346 g/mol. The summed E-state index contributed by atoms with van der Waals surface area (Å²) in [7, 11) is 0. The van der Waals surface area contributed by atoms with Gasteiger partial charge in [0.1, 0.15) is 5.75 Å². The predicted octanol–water partition coefficient (Wildman–Crippen LogP) is 2.10. The fourth-order valence-corrected chi connectivity index (χ4v) is 3.84. The van der Waals surface area contributed by atoms with Gasteiger partial charge in [-0.2, -0.15) is 0 Å². The van der Waals surface area contributed by atoms with Crippen LogP contribution in [0.4, 0.5) is 4.79 Å². The van der Waals surface area contributed by atoms with Crippen molar-refractivity contribution in [2.24, 2.45) is 0 Å². The molecule has 3 amide bonds. The largest absolute Gasteiger partial charge is 0.494 e. The van der Waals surface area contributed by atoms with Crippen LogP contribution in [0, 0.1) is 0 Å². The van der Waals surface area contributed by atoms with Crippen LogP contribution < -0.4 is 15.4 Å². The summed E-state index contributed by atoms with van der Waals surface area (Å²) < 4.78 is 11.3. The molecule has 3 aliphatic heterocycles. The van der Waals surface area contributed by atoms with E-state index in [2.05, 4.69) is 17.6 Å². The second-order valence-corrected chi connectivity index (χ2v) is 7.16. The normalized spacial score (nSPS) is 24.7. The first-order valence-corrected chi connectivity index (χ1v) is 9.60. The average molecular weight is 371 g/mol. The highest BCUT2D eigenvalue weighted by atomic mass is 16.5. The zero-order chi connectivity index (χ0) is 18.8. The fourth-order valence-electron chi connectivity index (χ4n) is 3.84. The van der Waals surface area contributed by atoms with Crippen molar-refractivity contribution in [1.29, 1.82) is 0 Å². The van der Waals surface area contributed by atoms with Gasteiger partial charge in [0.15, 0.2) is 0 Å². The van der Waals surface area contributed by atoms with E-state index in [-0.39, 0.29) is 18.0 Å². The van der Waals surface area contributed by atoms with E-state index >= 15 is 0 Å². The van der Waals surface area contributed by atoms with Crippen LogP contribution in [0.3, 0.4) is 0 Å².